The molecule has 1 heterocycles. The summed E-state index contributed by atoms with van der Waals surface area (Å²) in [4.78, 5) is 13.4. The average molecular weight is 214 g/mol. The van der Waals surface area contributed by atoms with Gasteiger partial charge in [-0.2, -0.15) is 0 Å². The molecule has 4 nitrogen and oxygen atoms in total. The van der Waals surface area contributed by atoms with Crippen LogP contribution in [0, 0.1) is 5.92 Å². The second-order valence-corrected chi connectivity index (χ2v) is 4.59. The third-order valence-corrected chi connectivity index (χ3v) is 2.74. The number of nitrogens with one attached hydrogen (secondary N) is 1. The molecule has 1 aliphatic heterocycles. The van der Waals surface area contributed by atoms with Gasteiger partial charge in [-0.3, -0.25) is 0 Å². The fourth-order valence-electron chi connectivity index (χ4n) is 1.86. The van der Waals surface area contributed by atoms with E-state index in [0.29, 0.717) is 12.5 Å². The third-order valence-electron chi connectivity index (χ3n) is 2.74. The Hall–Kier alpha value is -0.770. The van der Waals surface area contributed by atoms with Crippen LogP contribution in [0.15, 0.2) is 0 Å². The summed E-state index contributed by atoms with van der Waals surface area (Å²) < 4.78 is 0. The SMILES string of the molecule is CCC[C@H]1[C@H](CO)N1C(=O)NCC(C)C. The van der Waals surface area contributed by atoms with Crippen LogP contribution in [-0.2, 0) is 0 Å². The predicted octanol–water partition coefficient (Wildman–Crippen LogP) is 1.20. The molecule has 0 aromatic carbocycles. The fourth-order valence-corrected chi connectivity index (χ4v) is 1.86. The number of carbonyl (C=O) groups excluding carboxylic acids is 1. The molecule has 0 bridgehead atoms. The Morgan fingerprint density at radius 3 is 2.60 bits per heavy atom. The molecule has 0 aromatic heterocycles. The molecule has 1 rings (SSSR count). The van der Waals surface area contributed by atoms with Crippen LogP contribution in [0.5, 0.6) is 0 Å². The van der Waals surface area contributed by atoms with Gasteiger partial charge in [0.05, 0.1) is 18.7 Å². The van der Waals surface area contributed by atoms with Gasteiger partial charge in [-0.1, -0.05) is 27.2 Å². The smallest absolute Gasteiger partial charge is 0.318 e. The Bertz CT molecular complexity index is 219. The minimum Gasteiger partial charge on any atom is -0.394 e. The van der Waals surface area contributed by atoms with Crippen molar-refractivity contribution < 1.29 is 9.90 Å². The van der Waals surface area contributed by atoms with E-state index in [-0.39, 0.29) is 24.7 Å². The van der Waals surface area contributed by atoms with E-state index in [2.05, 4.69) is 26.1 Å². The summed E-state index contributed by atoms with van der Waals surface area (Å²) >= 11 is 0. The van der Waals surface area contributed by atoms with Crippen molar-refractivity contribution in [1.29, 1.82) is 0 Å². The molecule has 15 heavy (non-hydrogen) atoms. The number of rotatable bonds is 5. The zero-order valence-corrected chi connectivity index (χ0v) is 9.86. The molecule has 2 N–H and O–H groups in total. The van der Waals surface area contributed by atoms with Crippen molar-refractivity contribution in [3.63, 3.8) is 0 Å². The Morgan fingerprint density at radius 1 is 1.47 bits per heavy atom. The summed E-state index contributed by atoms with van der Waals surface area (Å²) in [5, 5.41) is 12.0. The van der Waals surface area contributed by atoms with Gasteiger partial charge in [-0.15, -0.1) is 0 Å². The van der Waals surface area contributed by atoms with Crippen molar-refractivity contribution >= 4 is 6.03 Å². The quantitative estimate of drug-likeness (QED) is 0.676. The number of hydrogen-bond donors (Lipinski definition) is 2. The van der Waals surface area contributed by atoms with Gasteiger partial charge in [0.15, 0.2) is 0 Å². The molecular weight excluding hydrogens is 192 g/mol. The van der Waals surface area contributed by atoms with E-state index in [4.69, 9.17) is 5.11 Å². The van der Waals surface area contributed by atoms with Crippen LogP contribution in [0.3, 0.4) is 0 Å². The van der Waals surface area contributed by atoms with Crippen LogP contribution in [0.2, 0.25) is 0 Å². The van der Waals surface area contributed by atoms with Crippen LogP contribution in [0.4, 0.5) is 4.79 Å². The first-order valence-electron chi connectivity index (χ1n) is 5.78. The molecule has 88 valence electrons. The van der Waals surface area contributed by atoms with E-state index in [1.54, 1.807) is 4.90 Å². The maximum absolute atomic E-state index is 11.7. The number of urea groups is 1. The fraction of sp³-hybridized carbons (Fsp3) is 0.909. The van der Waals surface area contributed by atoms with Crippen molar-refractivity contribution in [3.05, 3.63) is 0 Å². The van der Waals surface area contributed by atoms with E-state index in [1.165, 1.54) is 0 Å². The Labute approximate surface area is 91.6 Å². The molecule has 1 aliphatic rings. The lowest BCUT2D eigenvalue weighted by Crippen LogP contribution is -2.33. The molecule has 0 saturated carbocycles. The average Bonchev–Trinajstić information content (AvgIpc) is 2.88. The number of aliphatic hydroxyl groups is 1. The molecule has 1 fully saturated rings. The topological polar surface area (TPSA) is 52.3 Å². The molecule has 4 heteroatoms. The van der Waals surface area contributed by atoms with Crippen molar-refractivity contribution in [2.75, 3.05) is 13.2 Å². The summed E-state index contributed by atoms with van der Waals surface area (Å²) in [6.07, 6.45) is 2.04. The summed E-state index contributed by atoms with van der Waals surface area (Å²) in [5.41, 5.74) is 0. The maximum Gasteiger partial charge on any atom is 0.318 e. The highest BCUT2D eigenvalue weighted by molar-refractivity contribution is 5.78. The number of carbonyl (C=O) groups is 1. The second-order valence-electron chi connectivity index (χ2n) is 4.59. The van der Waals surface area contributed by atoms with E-state index < -0.39 is 0 Å². The highest BCUT2D eigenvalue weighted by atomic mass is 16.3. The lowest BCUT2D eigenvalue weighted by atomic mass is 10.2. The van der Waals surface area contributed by atoms with Gasteiger partial charge in [0.25, 0.3) is 0 Å². The van der Waals surface area contributed by atoms with Gasteiger partial charge in [0.1, 0.15) is 0 Å². The highest BCUT2D eigenvalue weighted by Crippen LogP contribution is 2.31. The zero-order chi connectivity index (χ0) is 11.4. The first-order chi connectivity index (χ1) is 7.11. The van der Waals surface area contributed by atoms with Gasteiger partial charge in [-0.25, -0.2) is 4.79 Å². The molecule has 0 aromatic rings. The van der Waals surface area contributed by atoms with Crippen LogP contribution < -0.4 is 5.32 Å². The summed E-state index contributed by atoms with van der Waals surface area (Å²) in [7, 11) is 0. The second kappa shape index (κ2) is 5.35. The van der Waals surface area contributed by atoms with E-state index >= 15 is 0 Å². The van der Waals surface area contributed by atoms with Crippen LogP contribution in [0.1, 0.15) is 33.6 Å². The van der Waals surface area contributed by atoms with Crippen molar-refractivity contribution in [1.82, 2.24) is 10.2 Å². The highest BCUT2D eigenvalue weighted by Gasteiger charge is 2.49. The molecule has 0 radical (unpaired) electrons. The normalized spacial score (nSPS) is 24.5. The summed E-state index contributed by atoms with van der Waals surface area (Å²) in [5.74, 6) is 0.464. The zero-order valence-electron chi connectivity index (χ0n) is 9.86. The number of aliphatic hydroxyl groups excluding tert-OH is 1. The standard InChI is InChI=1S/C11H22N2O2/c1-4-5-9-10(7-14)13(9)11(15)12-6-8(2)3/h8-10,14H,4-7H2,1-3H3,(H,12,15)/t9-,10-,13?/m0/s1. The molecule has 0 unspecified atom stereocenters. The first-order valence-corrected chi connectivity index (χ1v) is 5.78. The van der Waals surface area contributed by atoms with E-state index in [9.17, 15) is 4.79 Å². The molecule has 1 saturated heterocycles. The van der Waals surface area contributed by atoms with Crippen molar-refractivity contribution in [3.8, 4) is 0 Å². The van der Waals surface area contributed by atoms with Crippen LogP contribution >= 0.6 is 0 Å². The molecule has 2 amide bonds. The lowest BCUT2D eigenvalue weighted by molar-refractivity contribution is 0.216. The largest absolute Gasteiger partial charge is 0.394 e. The minimum absolute atomic E-state index is 0.0267. The minimum atomic E-state index is -0.0267. The Kier molecular flexibility index (Phi) is 4.39. The summed E-state index contributed by atoms with van der Waals surface area (Å²) in [6, 6.07) is 0.283. The van der Waals surface area contributed by atoms with E-state index in [1.807, 2.05) is 0 Å². The lowest BCUT2D eigenvalue weighted by Gasteiger charge is -2.09. The number of nitrogens with zero attached hydrogens (tertiary/aromatic N) is 1. The van der Waals surface area contributed by atoms with Gasteiger partial charge < -0.3 is 15.3 Å². The molecule has 0 spiro atoms. The summed E-state index contributed by atoms with van der Waals surface area (Å²) in [6.45, 7) is 7.01. The van der Waals surface area contributed by atoms with Gasteiger partial charge >= 0.3 is 6.03 Å². The van der Waals surface area contributed by atoms with Crippen molar-refractivity contribution in [2.24, 2.45) is 5.92 Å². The van der Waals surface area contributed by atoms with Crippen LogP contribution in [-0.4, -0.2) is 41.3 Å². The number of amides is 2. The Balaban J connectivity index is 2.33. The first kappa shape index (κ1) is 12.3. The number of hydrogen-bond acceptors (Lipinski definition) is 2. The predicted molar refractivity (Wildman–Crippen MR) is 59.6 cm³/mol. The van der Waals surface area contributed by atoms with Gasteiger partial charge in [0.2, 0.25) is 0 Å². The Morgan fingerprint density at radius 2 is 2.13 bits per heavy atom. The third kappa shape index (κ3) is 3.09. The van der Waals surface area contributed by atoms with Crippen LogP contribution in [0.25, 0.3) is 0 Å². The van der Waals surface area contributed by atoms with Gasteiger partial charge in [-0.05, 0) is 12.3 Å². The van der Waals surface area contributed by atoms with E-state index in [0.717, 1.165) is 12.8 Å². The molecule has 0 aliphatic carbocycles. The molecular formula is C11H22N2O2. The van der Waals surface area contributed by atoms with Crippen molar-refractivity contribution in [2.45, 2.75) is 45.7 Å². The maximum atomic E-state index is 11.7. The van der Waals surface area contributed by atoms with Gasteiger partial charge in [0, 0.05) is 6.54 Å². The molecule has 2 atom stereocenters. The monoisotopic (exact) mass is 214 g/mol.